The number of nitrogens with zero attached hydrogens (tertiary/aromatic N) is 1. The fourth-order valence-electron chi connectivity index (χ4n) is 2.07. The van der Waals surface area contributed by atoms with Gasteiger partial charge in [-0.1, -0.05) is 0 Å². The highest BCUT2D eigenvalue weighted by Crippen LogP contribution is 2.38. The molecule has 0 unspecified atom stereocenters. The summed E-state index contributed by atoms with van der Waals surface area (Å²) < 4.78 is 63.9. The minimum absolute atomic E-state index is 0.0701. The van der Waals surface area contributed by atoms with E-state index in [9.17, 15) is 26.4 Å². The number of aromatic nitrogens is 1. The molecule has 0 bridgehead atoms. The first-order chi connectivity index (χ1) is 10.0. The number of rotatable bonds is 5. The molecule has 1 fully saturated rings. The third kappa shape index (κ3) is 3.55. The van der Waals surface area contributed by atoms with Crippen molar-refractivity contribution in [1.29, 1.82) is 0 Å². The molecule has 2 N–H and O–H groups in total. The van der Waals surface area contributed by atoms with Crippen LogP contribution in [0.2, 0.25) is 0 Å². The van der Waals surface area contributed by atoms with Gasteiger partial charge in [0.25, 0.3) is 0 Å². The third-order valence-corrected chi connectivity index (χ3v) is 4.80. The van der Waals surface area contributed by atoms with E-state index in [2.05, 4.69) is 9.71 Å². The zero-order chi connectivity index (χ0) is 16.7. The lowest BCUT2D eigenvalue weighted by molar-refractivity contribution is -0.142. The molecule has 0 aromatic carbocycles. The fraction of sp³-hybridized carbons (Fsp3) is 0.500. The summed E-state index contributed by atoms with van der Waals surface area (Å²) in [6.45, 7) is 1.05. The summed E-state index contributed by atoms with van der Waals surface area (Å²) in [5.41, 5.74) is -1.44. The van der Waals surface area contributed by atoms with Crippen LogP contribution in [0.4, 0.5) is 13.2 Å². The minimum atomic E-state index is -4.65. The smallest absolute Gasteiger partial charge is 0.433 e. The molecule has 6 nitrogen and oxygen atoms in total. The van der Waals surface area contributed by atoms with Crippen molar-refractivity contribution in [3.05, 3.63) is 23.5 Å². The number of aryl methyl sites for hydroxylation is 1. The summed E-state index contributed by atoms with van der Waals surface area (Å²) in [6, 6.07) is 0.889. The zero-order valence-electron chi connectivity index (χ0n) is 11.4. The van der Waals surface area contributed by atoms with Crippen molar-refractivity contribution in [3.8, 4) is 0 Å². The number of carboxylic acids is 1. The van der Waals surface area contributed by atoms with E-state index in [0.717, 1.165) is 13.0 Å². The van der Waals surface area contributed by atoms with Gasteiger partial charge in [0.1, 0.15) is 10.6 Å². The molecule has 0 spiro atoms. The number of aliphatic carboxylic acids is 1. The number of alkyl halides is 3. The van der Waals surface area contributed by atoms with E-state index >= 15 is 0 Å². The zero-order valence-corrected chi connectivity index (χ0v) is 12.2. The molecule has 1 aromatic rings. The lowest BCUT2D eigenvalue weighted by Gasteiger charge is -2.11. The molecular formula is C12H13F3N2O4S. The largest absolute Gasteiger partial charge is 0.481 e. The van der Waals surface area contributed by atoms with E-state index < -0.39 is 33.8 Å². The van der Waals surface area contributed by atoms with Gasteiger partial charge in [0.2, 0.25) is 10.0 Å². The van der Waals surface area contributed by atoms with Crippen molar-refractivity contribution in [1.82, 2.24) is 9.71 Å². The van der Waals surface area contributed by atoms with Gasteiger partial charge in [-0.2, -0.15) is 13.2 Å². The quantitative estimate of drug-likeness (QED) is 0.846. The van der Waals surface area contributed by atoms with Gasteiger partial charge in [-0.15, -0.1) is 0 Å². The second-order valence-corrected chi connectivity index (χ2v) is 6.89. The summed E-state index contributed by atoms with van der Waals surface area (Å²) >= 11 is 0. The summed E-state index contributed by atoms with van der Waals surface area (Å²) in [7, 11) is -4.02. The van der Waals surface area contributed by atoms with Gasteiger partial charge in [-0.25, -0.2) is 13.1 Å². The maximum Gasteiger partial charge on any atom is 0.433 e. The van der Waals surface area contributed by atoms with Gasteiger partial charge >= 0.3 is 12.1 Å². The highest BCUT2D eigenvalue weighted by Gasteiger charge is 2.43. The molecule has 0 saturated heterocycles. The Balaban J connectivity index is 2.10. The third-order valence-electron chi connectivity index (χ3n) is 3.41. The first-order valence-corrected chi connectivity index (χ1v) is 7.77. The molecule has 0 amide bonds. The number of nitrogens with one attached hydrogen (secondary N) is 1. The van der Waals surface area contributed by atoms with Crippen molar-refractivity contribution in [3.63, 3.8) is 0 Å². The number of hydrogen-bond donors (Lipinski definition) is 2. The number of sulfonamides is 1. The molecule has 2 atom stereocenters. The molecule has 122 valence electrons. The Morgan fingerprint density at radius 2 is 2.14 bits per heavy atom. The normalized spacial score (nSPS) is 21.6. The summed E-state index contributed by atoms with van der Waals surface area (Å²) in [6.07, 6.45) is -3.63. The van der Waals surface area contributed by atoms with Gasteiger partial charge in [0.05, 0.1) is 5.92 Å². The number of carbonyl (C=O) groups is 1. The van der Waals surface area contributed by atoms with Crippen LogP contribution < -0.4 is 4.72 Å². The molecule has 22 heavy (non-hydrogen) atoms. The van der Waals surface area contributed by atoms with Crippen LogP contribution in [-0.4, -0.2) is 31.0 Å². The molecule has 2 rings (SSSR count). The van der Waals surface area contributed by atoms with Crippen LogP contribution >= 0.6 is 0 Å². The van der Waals surface area contributed by atoms with Crippen LogP contribution in [0.1, 0.15) is 17.7 Å². The number of halogens is 3. The van der Waals surface area contributed by atoms with Crippen molar-refractivity contribution in [2.75, 3.05) is 6.54 Å². The Hall–Kier alpha value is -1.68. The Labute approximate surface area is 124 Å². The van der Waals surface area contributed by atoms with Crippen molar-refractivity contribution in [2.45, 2.75) is 24.4 Å². The summed E-state index contributed by atoms with van der Waals surface area (Å²) in [5, 5.41) is 8.72. The second kappa shape index (κ2) is 5.51. The van der Waals surface area contributed by atoms with Crippen LogP contribution in [0.15, 0.2) is 17.2 Å². The Bertz CT molecular complexity index is 703. The van der Waals surface area contributed by atoms with Gasteiger partial charge in [0.15, 0.2) is 0 Å². The summed E-state index contributed by atoms with van der Waals surface area (Å²) in [4.78, 5) is 13.4. The molecule has 1 heterocycles. The Kier molecular flexibility index (Phi) is 4.18. The van der Waals surface area contributed by atoms with Crippen molar-refractivity contribution in [2.24, 2.45) is 11.8 Å². The van der Waals surface area contributed by atoms with Crippen LogP contribution in [0, 0.1) is 18.8 Å². The van der Waals surface area contributed by atoms with Crippen LogP contribution in [0.25, 0.3) is 0 Å². The van der Waals surface area contributed by atoms with Gasteiger partial charge < -0.3 is 5.11 Å². The van der Waals surface area contributed by atoms with Crippen LogP contribution in [0.5, 0.6) is 0 Å². The average Bonchev–Trinajstić information content (AvgIpc) is 3.14. The molecular weight excluding hydrogens is 325 g/mol. The number of carboxylic acid groups (broad SMARTS) is 1. The predicted molar refractivity (Wildman–Crippen MR) is 68.4 cm³/mol. The lowest BCUT2D eigenvalue weighted by Crippen LogP contribution is -2.27. The van der Waals surface area contributed by atoms with E-state index in [1.54, 1.807) is 0 Å². The SMILES string of the molecule is Cc1cc(S(=O)(=O)NC[C@@H]2C[C@@H]2C(=O)O)cnc1C(F)(F)F. The van der Waals surface area contributed by atoms with E-state index in [1.165, 1.54) is 0 Å². The van der Waals surface area contributed by atoms with Crippen LogP contribution in [-0.2, 0) is 21.0 Å². The van der Waals surface area contributed by atoms with Gasteiger partial charge in [-0.3, -0.25) is 9.78 Å². The molecule has 0 aliphatic heterocycles. The highest BCUT2D eigenvalue weighted by molar-refractivity contribution is 7.89. The van der Waals surface area contributed by atoms with E-state index in [1.807, 2.05) is 0 Å². The molecule has 1 aromatic heterocycles. The topological polar surface area (TPSA) is 96.4 Å². The van der Waals surface area contributed by atoms with Gasteiger partial charge in [0, 0.05) is 12.7 Å². The maximum atomic E-state index is 12.6. The Morgan fingerprint density at radius 3 is 2.59 bits per heavy atom. The first-order valence-electron chi connectivity index (χ1n) is 6.28. The van der Waals surface area contributed by atoms with Crippen LogP contribution in [0.3, 0.4) is 0 Å². The molecule has 10 heteroatoms. The highest BCUT2D eigenvalue weighted by atomic mass is 32.2. The molecule has 1 aliphatic rings. The minimum Gasteiger partial charge on any atom is -0.481 e. The van der Waals surface area contributed by atoms with Crippen molar-refractivity contribution < 1.29 is 31.5 Å². The first kappa shape index (κ1) is 16.7. The van der Waals surface area contributed by atoms with Crippen molar-refractivity contribution >= 4 is 16.0 Å². The van der Waals surface area contributed by atoms with E-state index in [-0.39, 0.29) is 22.9 Å². The summed E-state index contributed by atoms with van der Waals surface area (Å²) in [5.74, 6) is -1.86. The van der Waals surface area contributed by atoms with E-state index in [4.69, 9.17) is 5.11 Å². The maximum absolute atomic E-state index is 12.6. The van der Waals surface area contributed by atoms with Gasteiger partial charge in [-0.05, 0) is 30.9 Å². The lowest BCUT2D eigenvalue weighted by atomic mass is 10.2. The van der Waals surface area contributed by atoms with E-state index in [0.29, 0.717) is 12.6 Å². The standard InChI is InChI=1S/C12H13F3N2O4S/c1-6-2-8(5-16-10(6)12(13,14)15)22(20,21)17-4-7-3-9(7)11(18)19/h2,5,7,9,17H,3-4H2,1H3,(H,18,19)/t7-,9-/m0/s1. The number of hydrogen-bond acceptors (Lipinski definition) is 4. The second-order valence-electron chi connectivity index (χ2n) is 5.13. The predicted octanol–water partition coefficient (Wildman–Crippen LogP) is 1.41. The Morgan fingerprint density at radius 1 is 1.50 bits per heavy atom. The fourth-order valence-corrected chi connectivity index (χ4v) is 3.19. The molecule has 1 saturated carbocycles. The monoisotopic (exact) mass is 338 g/mol. The molecule has 0 radical (unpaired) electrons. The molecule has 1 aliphatic carbocycles. The average molecular weight is 338 g/mol. The number of pyridine rings is 1.